The number of carbonyl (C=O) groups excluding carboxylic acids is 1. The molecule has 7 heteroatoms. The number of hydrogen-bond donors (Lipinski definition) is 1. The number of amides is 1. The molecule has 1 aromatic heterocycles. The van der Waals surface area contributed by atoms with Crippen LogP contribution in [0.15, 0.2) is 41.7 Å². The highest BCUT2D eigenvalue weighted by atomic mass is 32.2. The van der Waals surface area contributed by atoms with Crippen LogP contribution >= 0.6 is 11.8 Å². The third-order valence-electron chi connectivity index (χ3n) is 4.38. The van der Waals surface area contributed by atoms with Gasteiger partial charge in [-0.2, -0.15) is 0 Å². The Bertz CT molecular complexity index is 738. The average Bonchev–Trinajstić information content (AvgIpc) is 3.05. The highest BCUT2D eigenvalue weighted by Gasteiger charge is 2.35. The molecule has 0 aliphatic carbocycles. The number of rotatable bonds is 5. The van der Waals surface area contributed by atoms with E-state index in [-0.39, 0.29) is 17.9 Å². The zero-order valence-electron chi connectivity index (χ0n) is 14.6. The van der Waals surface area contributed by atoms with Gasteiger partial charge in [0, 0.05) is 32.1 Å². The topological polar surface area (TPSA) is 67.3 Å². The van der Waals surface area contributed by atoms with E-state index in [0.717, 1.165) is 29.8 Å². The van der Waals surface area contributed by atoms with Crippen molar-refractivity contribution in [3.8, 4) is 5.75 Å². The quantitative estimate of drug-likeness (QED) is 0.654. The predicted molar refractivity (Wildman–Crippen MR) is 99.4 cm³/mol. The Kier molecular flexibility index (Phi) is 5.43. The van der Waals surface area contributed by atoms with Crippen LogP contribution in [0.2, 0.25) is 0 Å². The van der Waals surface area contributed by atoms with Crippen LogP contribution in [0.1, 0.15) is 18.4 Å². The third kappa shape index (κ3) is 4.04. The van der Waals surface area contributed by atoms with Crippen molar-refractivity contribution in [2.45, 2.75) is 24.0 Å². The highest BCUT2D eigenvalue weighted by molar-refractivity contribution is 7.98. The normalized spacial score (nSPS) is 19.7. The summed E-state index contributed by atoms with van der Waals surface area (Å²) in [4.78, 5) is 22.7. The Morgan fingerprint density at radius 1 is 1.28 bits per heavy atom. The van der Waals surface area contributed by atoms with Crippen LogP contribution in [-0.4, -0.2) is 48.4 Å². The fraction of sp³-hybridized carbons (Fsp3) is 0.389. The molecular formula is C18H22N4O2S. The van der Waals surface area contributed by atoms with Gasteiger partial charge in [-0.25, -0.2) is 9.97 Å². The van der Waals surface area contributed by atoms with Crippen molar-refractivity contribution in [3.05, 3.63) is 42.1 Å². The van der Waals surface area contributed by atoms with E-state index in [1.807, 2.05) is 24.5 Å². The number of carbonyl (C=O) groups is 1. The summed E-state index contributed by atoms with van der Waals surface area (Å²) in [7, 11) is 1.66. The summed E-state index contributed by atoms with van der Waals surface area (Å²) < 4.78 is 5.24. The molecule has 0 spiro atoms. The number of nitrogens with one attached hydrogen (secondary N) is 1. The predicted octanol–water partition coefficient (Wildman–Crippen LogP) is 2.32. The van der Waals surface area contributed by atoms with E-state index < -0.39 is 0 Å². The van der Waals surface area contributed by atoms with E-state index in [4.69, 9.17) is 4.74 Å². The molecule has 0 unspecified atom stereocenters. The number of methoxy groups -OCH3 is 1. The maximum Gasteiger partial charge on any atom is 0.217 e. The summed E-state index contributed by atoms with van der Waals surface area (Å²) in [5.74, 6) is 1.90. The molecule has 1 amide bonds. The minimum absolute atomic E-state index is 0.0159. The Morgan fingerprint density at radius 2 is 2.04 bits per heavy atom. The van der Waals surface area contributed by atoms with Gasteiger partial charge in [0.2, 0.25) is 5.91 Å². The lowest BCUT2D eigenvalue weighted by atomic mass is 9.94. The second kappa shape index (κ2) is 7.74. The summed E-state index contributed by atoms with van der Waals surface area (Å²) in [5.41, 5.74) is 1.18. The van der Waals surface area contributed by atoms with E-state index >= 15 is 0 Å². The van der Waals surface area contributed by atoms with Crippen molar-refractivity contribution in [1.29, 1.82) is 0 Å². The average molecular weight is 358 g/mol. The van der Waals surface area contributed by atoms with Gasteiger partial charge in [0.25, 0.3) is 0 Å². The maximum atomic E-state index is 11.6. The molecule has 3 rings (SSSR count). The van der Waals surface area contributed by atoms with Gasteiger partial charge < -0.3 is 15.0 Å². The van der Waals surface area contributed by atoms with Crippen LogP contribution < -0.4 is 15.0 Å². The number of ether oxygens (including phenoxy) is 1. The molecule has 1 aromatic carbocycles. The second-order valence-electron chi connectivity index (χ2n) is 5.99. The van der Waals surface area contributed by atoms with Crippen molar-refractivity contribution < 1.29 is 9.53 Å². The van der Waals surface area contributed by atoms with Gasteiger partial charge in [-0.05, 0) is 30.0 Å². The van der Waals surface area contributed by atoms with Crippen LogP contribution in [0, 0.1) is 0 Å². The summed E-state index contributed by atoms with van der Waals surface area (Å²) in [6, 6.07) is 10.0. The number of thioether (sulfide) groups is 1. The lowest BCUT2D eigenvalue weighted by Crippen LogP contribution is -2.38. The van der Waals surface area contributed by atoms with Crippen molar-refractivity contribution in [3.63, 3.8) is 0 Å². The van der Waals surface area contributed by atoms with E-state index in [9.17, 15) is 4.79 Å². The fourth-order valence-corrected chi connectivity index (χ4v) is 3.54. The minimum Gasteiger partial charge on any atom is -0.497 e. The summed E-state index contributed by atoms with van der Waals surface area (Å²) in [5, 5.41) is 3.84. The zero-order chi connectivity index (χ0) is 17.8. The minimum atomic E-state index is -0.0159. The Labute approximate surface area is 152 Å². The molecule has 1 aliphatic rings. The van der Waals surface area contributed by atoms with Crippen molar-refractivity contribution >= 4 is 23.5 Å². The van der Waals surface area contributed by atoms with Gasteiger partial charge in [0.15, 0.2) is 5.16 Å². The fourth-order valence-electron chi connectivity index (χ4n) is 3.19. The van der Waals surface area contributed by atoms with Crippen LogP contribution in [0.25, 0.3) is 0 Å². The SMILES string of the molecule is COc1ccc([C@@H]2CN(c3ccnc(SC)n3)C[C@H]2NC(C)=O)cc1. The molecule has 1 aliphatic heterocycles. The first-order chi connectivity index (χ1) is 12.1. The smallest absolute Gasteiger partial charge is 0.217 e. The lowest BCUT2D eigenvalue weighted by molar-refractivity contribution is -0.119. The Morgan fingerprint density at radius 3 is 2.68 bits per heavy atom. The van der Waals surface area contributed by atoms with Gasteiger partial charge in [-0.3, -0.25) is 4.79 Å². The van der Waals surface area contributed by atoms with E-state index in [0.29, 0.717) is 0 Å². The molecule has 2 aromatic rings. The first kappa shape index (κ1) is 17.5. The Balaban J connectivity index is 1.85. The molecule has 0 saturated carbocycles. The maximum absolute atomic E-state index is 11.6. The van der Waals surface area contributed by atoms with Gasteiger partial charge in [-0.15, -0.1) is 0 Å². The molecule has 1 saturated heterocycles. The highest BCUT2D eigenvalue weighted by Crippen LogP contribution is 2.31. The van der Waals surface area contributed by atoms with Crippen molar-refractivity contribution in [2.24, 2.45) is 0 Å². The largest absolute Gasteiger partial charge is 0.497 e. The van der Waals surface area contributed by atoms with Gasteiger partial charge in [0.05, 0.1) is 13.2 Å². The summed E-state index contributed by atoms with van der Waals surface area (Å²) >= 11 is 1.52. The molecule has 1 fully saturated rings. The van der Waals surface area contributed by atoms with E-state index in [1.165, 1.54) is 17.3 Å². The standard InChI is InChI=1S/C18H22N4O2S/c1-12(23)20-16-11-22(17-8-9-19-18(21-17)25-3)10-15(16)13-4-6-14(24-2)7-5-13/h4-9,15-16H,10-11H2,1-3H3,(H,20,23)/t15-,16+/m0/s1. The van der Waals surface area contributed by atoms with Crippen LogP contribution in [0.5, 0.6) is 5.75 Å². The lowest BCUT2D eigenvalue weighted by Gasteiger charge is -2.19. The third-order valence-corrected chi connectivity index (χ3v) is 4.94. The number of nitrogens with zero attached hydrogens (tertiary/aromatic N) is 3. The van der Waals surface area contributed by atoms with E-state index in [1.54, 1.807) is 20.2 Å². The molecule has 0 bridgehead atoms. The number of anilines is 1. The van der Waals surface area contributed by atoms with Crippen LogP contribution in [0.3, 0.4) is 0 Å². The molecule has 1 N–H and O–H groups in total. The van der Waals surface area contributed by atoms with Crippen LogP contribution in [0.4, 0.5) is 5.82 Å². The molecule has 2 heterocycles. The first-order valence-corrected chi connectivity index (χ1v) is 9.36. The molecule has 6 nitrogen and oxygen atoms in total. The summed E-state index contributed by atoms with van der Waals surface area (Å²) in [6.07, 6.45) is 3.74. The Hall–Kier alpha value is -2.28. The molecule has 25 heavy (non-hydrogen) atoms. The molecular weight excluding hydrogens is 336 g/mol. The van der Waals surface area contributed by atoms with Gasteiger partial charge >= 0.3 is 0 Å². The summed E-state index contributed by atoms with van der Waals surface area (Å²) in [6.45, 7) is 3.08. The number of hydrogen-bond acceptors (Lipinski definition) is 6. The van der Waals surface area contributed by atoms with E-state index in [2.05, 4.69) is 32.3 Å². The monoisotopic (exact) mass is 358 g/mol. The van der Waals surface area contributed by atoms with Crippen LogP contribution in [-0.2, 0) is 4.79 Å². The number of aromatic nitrogens is 2. The van der Waals surface area contributed by atoms with Crippen molar-refractivity contribution in [1.82, 2.24) is 15.3 Å². The van der Waals surface area contributed by atoms with Gasteiger partial charge in [0.1, 0.15) is 11.6 Å². The molecule has 132 valence electrons. The number of benzene rings is 1. The van der Waals surface area contributed by atoms with Gasteiger partial charge in [-0.1, -0.05) is 23.9 Å². The second-order valence-corrected chi connectivity index (χ2v) is 6.77. The molecule has 2 atom stereocenters. The molecule has 0 radical (unpaired) electrons. The van der Waals surface area contributed by atoms with Crippen molar-refractivity contribution in [2.75, 3.05) is 31.4 Å². The first-order valence-electron chi connectivity index (χ1n) is 8.13. The zero-order valence-corrected chi connectivity index (χ0v) is 15.4.